The number of nitrogens with one attached hydrogen (secondary N) is 1. The number of nitrogen functional groups attached to an aromatic ring is 1. The number of aromatic nitrogens is 5. The van der Waals surface area contributed by atoms with Gasteiger partial charge in [0.1, 0.15) is 35.7 Å². The van der Waals surface area contributed by atoms with Crippen molar-refractivity contribution in [2.45, 2.75) is 55.7 Å². The Hall–Kier alpha value is -3.45. The highest BCUT2D eigenvalue weighted by Gasteiger charge is 2.57. The third-order valence-electron chi connectivity index (χ3n) is 6.37. The van der Waals surface area contributed by atoms with E-state index in [0.717, 1.165) is 53.5 Å². The van der Waals surface area contributed by atoms with Gasteiger partial charge in [-0.1, -0.05) is 36.7 Å². The Morgan fingerprint density at radius 1 is 1.32 bits per heavy atom. The summed E-state index contributed by atoms with van der Waals surface area (Å²) in [5.41, 5.74) is 4.52. The second kappa shape index (κ2) is 13.5. The Labute approximate surface area is 246 Å². The van der Waals surface area contributed by atoms with Gasteiger partial charge < -0.3 is 31.0 Å². The van der Waals surface area contributed by atoms with Crippen molar-refractivity contribution in [3.63, 3.8) is 0 Å². The SMILES string of the molecule is CCCCCCON=C(C(=O)NC1C(=O)N2CC(CSc3nnnn3CC(=O)O)(C(=O)O)CS[C@H]12)c1csc(N)n1. The fourth-order valence-electron chi connectivity index (χ4n) is 4.15. The largest absolute Gasteiger partial charge is 0.481 e. The maximum Gasteiger partial charge on any atom is 0.325 e. The van der Waals surface area contributed by atoms with Crippen molar-refractivity contribution in [3.05, 3.63) is 11.1 Å². The molecule has 222 valence electrons. The molecule has 2 aliphatic heterocycles. The molecule has 2 aromatic heterocycles. The number of β-lactam (4-membered cyclic amide) rings is 1. The van der Waals surface area contributed by atoms with E-state index < -0.39 is 47.1 Å². The van der Waals surface area contributed by atoms with E-state index in [-0.39, 0.29) is 39.7 Å². The number of fused-ring (bicyclic) bond motifs is 1. The van der Waals surface area contributed by atoms with Crippen LogP contribution in [0.2, 0.25) is 0 Å². The highest BCUT2D eigenvalue weighted by atomic mass is 32.2. The molecule has 0 bridgehead atoms. The minimum atomic E-state index is -1.34. The van der Waals surface area contributed by atoms with Gasteiger partial charge in [-0.25, -0.2) is 9.67 Å². The van der Waals surface area contributed by atoms with E-state index in [1.54, 1.807) is 5.38 Å². The number of oxime groups is 1. The summed E-state index contributed by atoms with van der Waals surface area (Å²) >= 11 is 3.37. The van der Waals surface area contributed by atoms with Crippen LogP contribution in [0, 0.1) is 5.41 Å². The third kappa shape index (κ3) is 7.07. The first-order chi connectivity index (χ1) is 19.6. The number of thiazole rings is 1. The number of nitrogens with two attached hydrogens (primary N) is 1. The molecule has 0 aliphatic carbocycles. The number of carboxylic acid groups (broad SMARTS) is 2. The zero-order valence-corrected chi connectivity index (χ0v) is 24.4. The Morgan fingerprint density at radius 2 is 2.12 bits per heavy atom. The van der Waals surface area contributed by atoms with Crippen molar-refractivity contribution in [1.82, 2.24) is 35.4 Å². The van der Waals surface area contributed by atoms with Crippen LogP contribution in [0.3, 0.4) is 0 Å². The average Bonchev–Trinajstić information content (AvgIpc) is 3.57. The molecular formula is C22H29N9O7S3. The van der Waals surface area contributed by atoms with Crippen molar-refractivity contribution < 1.29 is 34.2 Å². The number of thioether (sulfide) groups is 2. The van der Waals surface area contributed by atoms with Gasteiger partial charge in [-0.3, -0.25) is 19.2 Å². The molecule has 0 aromatic carbocycles. The maximum atomic E-state index is 13.2. The first kappa shape index (κ1) is 30.5. The molecule has 2 saturated heterocycles. The minimum Gasteiger partial charge on any atom is -0.481 e. The zero-order valence-electron chi connectivity index (χ0n) is 22.0. The molecule has 0 saturated carbocycles. The fraction of sp³-hybridized carbons (Fsp3) is 0.591. The first-order valence-corrected chi connectivity index (χ1v) is 15.5. The number of amides is 2. The Kier molecular flexibility index (Phi) is 10.0. The second-order valence-electron chi connectivity index (χ2n) is 9.41. The summed E-state index contributed by atoms with van der Waals surface area (Å²) in [4.78, 5) is 60.5. The van der Waals surface area contributed by atoms with E-state index in [1.165, 1.54) is 16.7 Å². The van der Waals surface area contributed by atoms with E-state index in [1.807, 2.05) is 0 Å². The number of hydrogen-bond donors (Lipinski definition) is 4. The number of rotatable bonds is 15. The van der Waals surface area contributed by atoms with Crippen LogP contribution >= 0.6 is 34.9 Å². The van der Waals surface area contributed by atoms with E-state index in [9.17, 15) is 24.3 Å². The topological polar surface area (TPSA) is 228 Å². The number of unbranched alkanes of at least 4 members (excludes halogenated alkanes) is 3. The van der Waals surface area contributed by atoms with Crippen LogP contribution in [0.25, 0.3) is 0 Å². The van der Waals surface area contributed by atoms with Crippen LogP contribution in [0.1, 0.15) is 38.3 Å². The molecule has 2 amide bonds. The van der Waals surface area contributed by atoms with Crippen LogP contribution < -0.4 is 11.1 Å². The molecule has 5 N–H and O–H groups in total. The van der Waals surface area contributed by atoms with Gasteiger partial charge in [-0.2, -0.15) is 0 Å². The van der Waals surface area contributed by atoms with E-state index in [0.29, 0.717) is 6.61 Å². The highest BCUT2D eigenvalue weighted by Crippen LogP contribution is 2.44. The molecule has 2 aromatic rings. The van der Waals surface area contributed by atoms with Crippen molar-refractivity contribution in [2.24, 2.45) is 10.6 Å². The molecule has 16 nitrogen and oxygen atoms in total. The quantitative estimate of drug-likeness (QED) is 0.0687. The van der Waals surface area contributed by atoms with Gasteiger partial charge in [0.05, 0.1) is 0 Å². The van der Waals surface area contributed by atoms with Gasteiger partial charge in [0.15, 0.2) is 10.8 Å². The lowest BCUT2D eigenvalue weighted by Gasteiger charge is -2.53. The Bertz CT molecular complexity index is 1320. The molecule has 4 rings (SSSR count). The Balaban J connectivity index is 1.39. The van der Waals surface area contributed by atoms with Gasteiger partial charge in [0.25, 0.3) is 5.91 Å². The summed E-state index contributed by atoms with van der Waals surface area (Å²) in [5, 5.41) is 38.1. The summed E-state index contributed by atoms with van der Waals surface area (Å²) in [6.07, 6.45) is 3.88. The normalized spacial score (nSPS) is 22.1. The van der Waals surface area contributed by atoms with Crippen molar-refractivity contribution in [2.75, 3.05) is 30.4 Å². The smallest absolute Gasteiger partial charge is 0.325 e. The third-order valence-corrected chi connectivity index (χ3v) is 9.88. The number of nitrogens with zero attached hydrogens (tertiary/aromatic N) is 7. The van der Waals surface area contributed by atoms with Crippen LogP contribution in [0.4, 0.5) is 5.13 Å². The molecule has 4 heterocycles. The summed E-state index contributed by atoms with van der Waals surface area (Å²) < 4.78 is 1.06. The van der Waals surface area contributed by atoms with Gasteiger partial charge >= 0.3 is 11.9 Å². The summed E-state index contributed by atoms with van der Waals surface area (Å²) in [6, 6.07) is -0.888. The molecule has 19 heteroatoms. The molecule has 2 aliphatic rings. The van der Waals surface area contributed by atoms with Gasteiger partial charge in [0, 0.05) is 23.4 Å². The maximum absolute atomic E-state index is 13.2. The Morgan fingerprint density at radius 3 is 2.80 bits per heavy atom. The van der Waals surface area contributed by atoms with E-state index >= 15 is 0 Å². The summed E-state index contributed by atoms with van der Waals surface area (Å²) in [7, 11) is 0. The van der Waals surface area contributed by atoms with Crippen LogP contribution in [0.15, 0.2) is 15.7 Å². The highest BCUT2D eigenvalue weighted by molar-refractivity contribution is 8.00. The monoisotopic (exact) mass is 627 g/mol. The summed E-state index contributed by atoms with van der Waals surface area (Å²) in [6.45, 7) is 1.85. The van der Waals surface area contributed by atoms with Gasteiger partial charge in [-0.05, 0) is 23.3 Å². The molecule has 2 fully saturated rings. The van der Waals surface area contributed by atoms with Crippen LogP contribution in [-0.2, 0) is 30.6 Å². The molecular weight excluding hydrogens is 598 g/mol. The lowest BCUT2D eigenvalue weighted by molar-refractivity contribution is -0.157. The number of hydrogen-bond acceptors (Lipinski definition) is 14. The lowest BCUT2D eigenvalue weighted by Crippen LogP contribution is -2.74. The fourth-order valence-corrected chi connectivity index (χ4v) is 7.44. The zero-order chi connectivity index (χ0) is 29.6. The number of aliphatic carboxylic acids is 2. The number of tetrazole rings is 1. The molecule has 3 atom stereocenters. The molecule has 41 heavy (non-hydrogen) atoms. The average molecular weight is 628 g/mol. The molecule has 0 radical (unpaired) electrons. The minimum absolute atomic E-state index is 0.000496. The molecule has 2 unspecified atom stereocenters. The predicted molar refractivity (Wildman–Crippen MR) is 149 cm³/mol. The van der Waals surface area contributed by atoms with Crippen molar-refractivity contribution >= 4 is 69.5 Å². The van der Waals surface area contributed by atoms with E-state index in [2.05, 4.69) is 37.9 Å². The van der Waals surface area contributed by atoms with Gasteiger partial charge in [0.2, 0.25) is 11.1 Å². The van der Waals surface area contributed by atoms with Gasteiger partial charge in [-0.15, -0.1) is 28.2 Å². The number of anilines is 1. The number of carbonyl (C=O) groups is 4. The second-order valence-corrected chi connectivity index (χ2v) is 12.3. The van der Waals surface area contributed by atoms with Crippen LogP contribution in [0.5, 0.6) is 0 Å². The molecule has 0 spiro atoms. The van der Waals surface area contributed by atoms with Crippen LogP contribution in [-0.4, -0.2) is 106 Å². The van der Waals surface area contributed by atoms with Crippen molar-refractivity contribution in [1.29, 1.82) is 0 Å². The summed E-state index contributed by atoms with van der Waals surface area (Å²) in [5.74, 6) is -3.20. The van der Waals surface area contributed by atoms with Crippen molar-refractivity contribution in [3.8, 4) is 0 Å². The number of carboxylic acids is 2. The predicted octanol–water partition coefficient (Wildman–Crippen LogP) is 0.361. The number of carbonyl (C=O) groups excluding carboxylic acids is 2. The first-order valence-electron chi connectivity index (χ1n) is 12.6. The standard InChI is InChI=1S/C22H29N9O7S3/c1-2-3-4-5-6-38-27-14(12-8-39-20(23)24-12)16(34)25-15-17(35)30-9-22(19(36)37,10-40-18(15)30)11-41-21-26-28-29-31(21)7-13(32)33/h8,15,18H,2-7,9-11H2,1H3,(H2,23,24)(H,25,34)(H,32,33)(H,36,37)/t15?,18-,22?/m1/s1. The lowest BCUT2D eigenvalue weighted by atomic mass is 9.89. The van der Waals surface area contributed by atoms with E-state index in [4.69, 9.17) is 15.7 Å².